The van der Waals surface area contributed by atoms with Crippen molar-refractivity contribution in [2.45, 2.75) is 31.3 Å². The van der Waals surface area contributed by atoms with Crippen molar-refractivity contribution in [3.63, 3.8) is 0 Å². The molecule has 2 fully saturated rings. The Balaban J connectivity index is 1.59. The van der Waals surface area contributed by atoms with Crippen molar-refractivity contribution in [3.8, 4) is 0 Å². The highest BCUT2D eigenvalue weighted by atomic mass is 16.5. The Morgan fingerprint density at radius 1 is 1.25 bits per heavy atom. The van der Waals surface area contributed by atoms with E-state index in [1.807, 2.05) is 11.9 Å². The lowest BCUT2D eigenvalue weighted by Crippen LogP contribution is -2.50. The number of nitrogens with one attached hydrogen (secondary N) is 1. The number of likely N-dealkylation sites (tertiary alicyclic amines) is 1. The Kier molecular flexibility index (Phi) is 6.90. The third-order valence-corrected chi connectivity index (χ3v) is 5.63. The van der Waals surface area contributed by atoms with E-state index in [0.717, 1.165) is 52.1 Å². The molecular weight excluding hydrogens is 360 g/mol. The van der Waals surface area contributed by atoms with E-state index >= 15 is 0 Å². The van der Waals surface area contributed by atoms with Gasteiger partial charge in [-0.05, 0) is 19.3 Å². The lowest BCUT2D eigenvalue weighted by atomic mass is 10.0. The summed E-state index contributed by atoms with van der Waals surface area (Å²) in [7, 11) is 5.39. The van der Waals surface area contributed by atoms with E-state index in [1.54, 1.807) is 36.0 Å². The van der Waals surface area contributed by atoms with Crippen LogP contribution in [0.3, 0.4) is 0 Å². The summed E-state index contributed by atoms with van der Waals surface area (Å²) >= 11 is 0. The number of urea groups is 1. The van der Waals surface area contributed by atoms with Crippen LogP contribution in [0, 0.1) is 0 Å². The third kappa shape index (κ3) is 4.82. The van der Waals surface area contributed by atoms with Gasteiger partial charge in [-0.15, -0.1) is 0 Å². The van der Waals surface area contributed by atoms with Crippen LogP contribution in [-0.4, -0.2) is 102 Å². The second kappa shape index (κ2) is 9.38. The van der Waals surface area contributed by atoms with E-state index in [1.165, 1.54) is 0 Å². The number of amides is 3. The Morgan fingerprint density at radius 3 is 2.64 bits per heavy atom. The predicted octanol–water partition coefficient (Wildman–Crippen LogP) is 0.387. The summed E-state index contributed by atoms with van der Waals surface area (Å²) in [5.41, 5.74) is 0. The maximum absolute atomic E-state index is 12.3. The number of imidazole rings is 1. The molecule has 1 aromatic rings. The molecule has 3 heterocycles. The van der Waals surface area contributed by atoms with Crippen molar-refractivity contribution < 1.29 is 14.3 Å². The van der Waals surface area contributed by atoms with E-state index in [2.05, 4.69) is 15.2 Å². The normalized spacial score (nSPS) is 20.6. The quantitative estimate of drug-likeness (QED) is 0.757. The molecule has 1 atom stereocenters. The van der Waals surface area contributed by atoms with Gasteiger partial charge in [0, 0.05) is 85.0 Å². The molecule has 156 valence electrons. The second-order valence-corrected chi connectivity index (χ2v) is 7.76. The van der Waals surface area contributed by atoms with Crippen LogP contribution in [0.1, 0.15) is 29.9 Å². The second-order valence-electron chi connectivity index (χ2n) is 7.76. The molecule has 0 bridgehead atoms. The summed E-state index contributed by atoms with van der Waals surface area (Å²) in [6, 6.07) is 0.813. The first kappa shape index (κ1) is 20.6. The maximum atomic E-state index is 12.3. The first-order chi connectivity index (χ1) is 13.5. The molecule has 3 rings (SSSR count). The number of carbonyl (C=O) groups is 2. The molecule has 0 saturated carbocycles. The zero-order valence-electron chi connectivity index (χ0n) is 17.1. The lowest BCUT2D eigenvalue weighted by molar-refractivity contribution is 0.0187. The van der Waals surface area contributed by atoms with E-state index in [0.29, 0.717) is 24.5 Å². The molecule has 0 radical (unpaired) electrons. The molecule has 2 aliphatic rings. The number of ether oxygens (including phenoxy) is 1. The summed E-state index contributed by atoms with van der Waals surface area (Å²) in [6.45, 7) is 4.38. The average molecular weight is 393 g/mol. The molecule has 0 aromatic carbocycles. The highest BCUT2D eigenvalue weighted by molar-refractivity contribution is 5.90. The Labute approximate surface area is 166 Å². The van der Waals surface area contributed by atoms with Crippen molar-refractivity contribution in [2.75, 3.05) is 53.5 Å². The van der Waals surface area contributed by atoms with Crippen LogP contribution in [-0.2, 0) is 11.8 Å². The molecule has 1 aromatic heterocycles. The van der Waals surface area contributed by atoms with E-state index in [-0.39, 0.29) is 11.9 Å². The fourth-order valence-corrected chi connectivity index (χ4v) is 4.11. The van der Waals surface area contributed by atoms with Gasteiger partial charge in [-0.25, -0.2) is 9.78 Å². The van der Waals surface area contributed by atoms with Crippen LogP contribution in [0.2, 0.25) is 0 Å². The van der Waals surface area contributed by atoms with Gasteiger partial charge in [0.1, 0.15) is 0 Å². The van der Waals surface area contributed by atoms with Crippen molar-refractivity contribution in [2.24, 2.45) is 7.05 Å². The summed E-state index contributed by atoms with van der Waals surface area (Å²) in [6.07, 6.45) is 6.33. The third-order valence-electron chi connectivity index (χ3n) is 5.63. The minimum Gasteiger partial charge on any atom is -0.381 e. The summed E-state index contributed by atoms with van der Waals surface area (Å²) < 4.78 is 7.25. The van der Waals surface area contributed by atoms with Crippen LogP contribution in [0.4, 0.5) is 4.79 Å². The SMILES string of the molecule is CN(C)C(=O)N1CCC(N(CCNC(=O)c2nccn2C)C2CCOCC2)C1. The van der Waals surface area contributed by atoms with Crippen LogP contribution in [0.5, 0.6) is 0 Å². The molecule has 2 aliphatic heterocycles. The molecule has 0 aliphatic carbocycles. The maximum Gasteiger partial charge on any atom is 0.319 e. The van der Waals surface area contributed by atoms with Gasteiger partial charge in [0.05, 0.1) is 0 Å². The molecule has 3 amide bonds. The van der Waals surface area contributed by atoms with Crippen molar-refractivity contribution >= 4 is 11.9 Å². The molecule has 28 heavy (non-hydrogen) atoms. The van der Waals surface area contributed by atoms with E-state index in [4.69, 9.17) is 4.74 Å². The molecule has 1 unspecified atom stereocenters. The molecule has 0 spiro atoms. The van der Waals surface area contributed by atoms with Crippen LogP contribution < -0.4 is 5.32 Å². The lowest BCUT2D eigenvalue weighted by Gasteiger charge is -2.38. The zero-order chi connectivity index (χ0) is 20.1. The largest absolute Gasteiger partial charge is 0.381 e. The van der Waals surface area contributed by atoms with Crippen LogP contribution >= 0.6 is 0 Å². The van der Waals surface area contributed by atoms with Crippen molar-refractivity contribution in [1.29, 1.82) is 0 Å². The first-order valence-electron chi connectivity index (χ1n) is 10.0. The van der Waals surface area contributed by atoms with Gasteiger partial charge in [0.15, 0.2) is 5.82 Å². The predicted molar refractivity (Wildman–Crippen MR) is 105 cm³/mol. The highest BCUT2D eigenvalue weighted by Gasteiger charge is 2.34. The minimum atomic E-state index is -0.157. The van der Waals surface area contributed by atoms with Gasteiger partial charge < -0.3 is 24.4 Å². The van der Waals surface area contributed by atoms with Crippen molar-refractivity contribution in [3.05, 3.63) is 18.2 Å². The standard InChI is InChI=1S/C19H32N6O3/c1-22(2)19(27)24-9-4-16(14-24)25(15-5-12-28-13-6-15)11-8-21-18(26)17-20-7-10-23(17)3/h7,10,15-16H,4-6,8-9,11-14H2,1-3H3,(H,21,26). The van der Waals surface area contributed by atoms with Gasteiger partial charge in [-0.2, -0.15) is 0 Å². The zero-order valence-corrected chi connectivity index (χ0v) is 17.1. The van der Waals surface area contributed by atoms with Crippen molar-refractivity contribution in [1.82, 2.24) is 29.6 Å². The van der Waals surface area contributed by atoms with Gasteiger partial charge in [-0.3, -0.25) is 9.69 Å². The van der Waals surface area contributed by atoms with E-state index < -0.39 is 0 Å². The topological polar surface area (TPSA) is 82.9 Å². The fourth-order valence-electron chi connectivity index (χ4n) is 4.11. The van der Waals surface area contributed by atoms with Gasteiger partial charge in [0.2, 0.25) is 0 Å². The van der Waals surface area contributed by atoms with Crippen LogP contribution in [0.25, 0.3) is 0 Å². The molecule has 9 heteroatoms. The van der Waals surface area contributed by atoms with E-state index in [9.17, 15) is 9.59 Å². The average Bonchev–Trinajstić information content (AvgIpc) is 3.34. The Morgan fingerprint density at radius 2 is 2.00 bits per heavy atom. The number of rotatable bonds is 6. The monoisotopic (exact) mass is 392 g/mol. The smallest absolute Gasteiger partial charge is 0.319 e. The van der Waals surface area contributed by atoms with Gasteiger partial charge in [-0.1, -0.05) is 0 Å². The number of aromatic nitrogens is 2. The summed E-state index contributed by atoms with van der Waals surface area (Å²) in [4.78, 5) is 34.8. The minimum absolute atomic E-state index is 0.0671. The summed E-state index contributed by atoms with van der Waals surface area (Å²) in [5, 5.41) is 2.99. The van der Waals surface area contributed by atoms with Gasteiger partial charge >= 0.3 is 6.03 Å². The number of carbonyl (C=O) groups excluding carboxylic acids is 2. The Hall–Kier alpha value is -2.13. The first-order valence-corrected chi connectivity index (χ1v) is 10.0. The highest BCUT2D eigenvalue weighted by Crippen LogP contribution is 2.23. The molecule has 9 nitrogen and oxygen atoms in total. The Bertz CT molecular complexity index is 670. The molecule has 2 saturated heterocycles. The number of hydrogen-bond acceptors (Lipinski definition) is 5. The number of aryl methyl sites for hydroxylation is 1. The number of nitrogens with zero attached hydrogens (tertiary/aromatic N) is 5. The molecule has 1 N–H and O–H groups in total. The fraction of sp³-hybridized carbons (Fsp3) is 0.737. The number of hydrogen-bond donors (Lipinski definition) is 1. The van der Waals surface area contributed by atoms with Crippen LogP contribution in [0.15, 0.2) is 12.4 Å². The van der Waals surface area contributed by atoms with Gasteiger partial charge in [0.25, 0.3) is 5.91 Å². The molecular formula is C19H32N6O3. The summed E-state index contributed by atoms with van der Waals surface area (Å²) in [5.74, 6) is 0.261.